The van der Waals surface area contributed by atoms with Crippen molar-refractivity contribution in [3.63, 3.8) is 0 Å². The highest BCUT2D eigenvalue weighted by atomic mass is 16.2. The largest absolute Gasteiger partial charge is 0.354 e. The molecule has 128 valence electrons. The fraction of sp³-hybridized carbons (Fsp3) is 0.250. The van der Waals surface area contributed by atoms with Crippen molar-refractivity contribution in [3.8, 4) is 0 Å². The first-order chi connectivity index (χ1) is 12.1. The van der Waals surface area contributed by atoms with Crippen molar-refractivity contribution in [2.45, 2.75) is 19.3 Å². The van der Waals surface area contributed by atoms with Gasteiger partial charge in [0.25, 0.3) is 5.91 Å². The summed E-state index contributed by atoms with van der Waals surface area (Å²) in [6, 6.07) is 16.9. The molecule has 2 aromatic rings. The predicted octanol–water partition coefficient (Wildman–Crippen LogP) is 2.13. The molecule has 0 aromatic heterocycles. The van der Waals surface area contributed by atoms with E-state index >= 15 is 0 Å². The van der Waals surface area contributed by atoms with Crippen LogP contribution in [0.25, 0.3) is 0 Å². The molecule has 5 heteroatoms. The molecule has 1 aliphatic heterocycles. The van der Waals surface area contributed by atoms with Crippen LogP contribution in [0.5, 0.6) is 0 Å². The number of nitrogens with one attached hydrogen (secondary N) is 1. The van der Waals surface area contributed by atoms with Gasteiger partial charge in [0.05, 0.1) is 6.42 Å². The zero-order valence-corrected chi connectivity index (χ0v) is 14.1. The molecule has 5 nitrogen and oxygen atoms in total. The molecule has 1 atom stereocenters. The van der Waals surface area contributed by atoms with Crippen molar-refractivity contribution >= 4 is 17.7 Å². The molecule has 0 saturated heterocycles. The highest BCUT2D eigenvalue weighted by Crippen LogP contribution is 2.19. The molecule has 3 amide bonds. The zero-order chi connectivity index (χ0) is 17.8. The van der Waals surface area contributed by atoms with E-state index in [2.05, 4.69) is 5.32 Å². The van der Waals surface area contributed by atoms with Crippen molar-refractivity contribution in [3.05, 3.63) is 71.3 Å². The fourth-order valence-electron chi connectivity index (χ4n) is 2.93. The molecule has 2 aromatic carbocycles. The maximum absolute atomic E-state index is 12.4. The minimum absolute atomic E-state index is 0.148. The molecular formula is C20H20N2O3. The minimum Gasteiger partial charge on any atom is -0.354 e. The lowest BCUT2D eigenvalue weighted by atomic mass is 9.98. The molecule has 0 spiro atoms. The van der Waals surface area contributed by atoms with Gasteiger partial charge < -0.3 is 5.32 Å². The smallest absolute Gasteiger partial charge is 0.261 e. The van der Waals surface area contributed by atoms with Crippen molar-refractivity contribution in [2.24, 2.45) is 0 Å². The van der Waals surface area contributed by atoms with Gasteiger partial charge in [-0.3, -0.25) is 19.3 Å². The van der Waals surface area contributed by atoms with Crippen LogP contribution >= 0.6 is 0 Å². The molecule has 1 N–H and O–H groups in total. The molecule has 0 saturated carbocycles. The number of amides is 3. The van der Waals surface area contributed by atoms with E-state index in [1.54, 1.807) is 24.3 Å². The SMILES string of the molecule is C[C@@H](CNC(=O)CN1C(=O)Cc2ccccc2C1=O)c1ccccc1. The molecule has 0 radical (unpaired) electrons. The summed E-state index contributed by atoms with van der Waals surface area (Å²) >= 11 is 0. The van der Waals surface area contributed by atoms with E-state index in [-0.39, 0.29) is 30.7 Å². The Balaban J connectivity index is 1.60. The molecule has 25 heavy (non-hydrogen) atoms. The number of benzene rings is 2. The van der Waals surface area contributed by atoms with Gasteiger partial charge >= 0.3 is 0 Å². The van der Waals surface area contributed by atoms with Crippen LogP contribution in [0.2, 0.25) is 0 Å². The molecule has 0 fully saturated rings. The standard InChI is InChI=1S/C20H20N2O3/c1-14(15-7-3-2-4-8-15)12-21-18(23)13-22-19(24)11-16-9-5-6-10-17(16)20(22)25/h2-10,14H,11-13H2,1H3,(H,21,23)/t14-/m0/s1. The molecule has 1 heterocycles. The lowest BCUT2D eigenvalue weighted by Gasteiger charge is -2.26. The number of hydrogen-bond acceptors (Lipinski definition) is 3. The van der Waals surface area contributed by atoms with Gasteiger partial charge in [-0.2, -0.15) is 0 Å². The average Bonchev–Trinajstić information content (AvgIpc) is 2.64. The maximum Gasteiger partial charge on any atom is 0.261 e. The summed E-state index contributed by atoms with van der Waals surface area (Å²) in [4.78, 5) is 37.9. The third-order valence-corrected chi connectivity index (χ3v) is 4.41. The van der Waals surface area contributed by atoms with Crippen LogP contribution in [0.1, 0.15) is 34.3 Å². The molecule has 1 aliphatic rings. The van der Waals surface area contributed by atoms with E-state index in [0.717, 1.165) is 10.5 Å². The van der Waals surface area contributed by atoms with E-state index in [0.29, 0.717) is 17.7 Å². The van der Waals surface area contributed by atoms with Crippen molar-refractivity contribution in [2.75, 3.05) is 13.1 Å². The monoisotopic (exact) mass is 336 g/mol. The van der Waals surface area contributed by atoms with Crippen molar-refractivity contribution in [1.82, 2.24) is 10.2 Å². The average molecular weight is 336 g/mol. The molecule has 0 bridgehead atoms. The van der Waals surface area contributed by atoms with Crippen LogP contribution < -0.4 is 5.32 Å². The first kappa shape index (κ1) is 16.9. The fourth-order valence-corrected chi connectivity index (χ4v) is 2.93. The number of rotatable bonds is 5. The van der Waals surface area contributed by atoms with Gasteiger partial charge in [-0.25, -0.2) is 0 Å². The van der Waals surface area contributed by atoms with E-state index in [4.69, 9.17) is 0 Å². The Bertz CT molecular complexity index is 802. The Morgan fingerprint density at radius 2 is 1.76 bits per heavy atom. The van der Waals surface area contributed by atoms with Crippen LogP contribution in [-0.2, 0) is 16.0 Å². The second-order valence-corrected chi connectivity index (χ2v) is 6.23. The summed E-state index contributed by atoms with van der Waals surface area (Å²) in [5, 5.41) is 2.81. The summed E-state index contributed by atoms with van der Waals surface area (Å²) < 4.78 is 0. The van der Waals surface area contributed by atoms with Gasteiger partial charge in [0, 0.05) is 12.1 Å². The Morgan fingerprint density at radius 3 is 2.52 bits per heavy atom. The second-order valence-electron chi connectivity index (χ2n) is 6.23. The quantitative estimate of drug-likeness (QED) is 0.851. The third kappa shape index (κ3) is 3.76. The number of hydrogen-bond donors (Lipinski definition) is 1. The normalized spacial score (nSPS) is 14.8. The van der Waals surface area contributed by atoms with Crippen LogP contribution in [0.3, 0.4) is 0 Å². The Morgan fingerprint density at radius 1 is 1.08 bits per heavy atom. The summed E-state index contributed by atoms with van der Waals surface area (Å²) in [6.07, 6.45) is 0.148. The molecule has 0 unspecified atom stereocenters. The summed E-state index contributed by atoms with van der Waals surface area (Å²) in [6.45, 7) is 2.23. The highest BCUT2D eigenvalue weighted by Gasteiger charge is 2.31. The topological polar surface area (TPSA) is 66.5 Å². The summed E-state index contributed by atoms with van der Waals surface area (Å²) in [7, 11) is 0. The molecule has 0 aliphatic carbocycles. The summed E-state index contributed by atoms with van der Waals surface area (Å²) in [5.41, 5.74) is 2.33. The van der Waals surface area contributed by atoms with Gasteiger partial charge in [0.1, 0.15) is 6.54 Å². The maximum atomic E-state index is 12.4. The van der Waals surface area contributed by atoms with E-state index in [1.165, 1.54) is 0 Å². The van der Waals surface area contributed by atoms with Crippen LogP contribution in [-0.4, -0.2) is 35.7 Å². The highest BCUT2D eigenvalue weighted by molar-refractivity contribution is 6.11. The van der Waals surface area contributed by atoms with Gasteiger partial charge in [-0.1, -0.05) is 55.5 Å². The summed E-state index contributed by atoms with van der Waals surface area (Å²) in [5.74, 6) is -0.921. The van der Waals surface area contributed by atoms with Crippen molar-refractivity contribution < 1.29 is 14.4 Å². The third-order valence-electron chi connectivity index (χ3n) is 4.41. The first-order valence-corrected chi connectivity index (χ1v) is 8.30. The van der Waals surface area contributed by atoms with Gasteiger partial charge in [-0.05, 0) is 23.1 Å². The minimum atomic E-state index is -0.405. The Kier molecular flexibility index (Phi) is 4.93. The Hall–Kier alpha value is -2.95. The second kappa shape index (κ2) is 7.30. The lowest BCUT2D eigenvalue weighted by molar-refractivity contribution is -0.133. The van der Waals surface area contributed by atoms with E-state index < -0.39 is 5.91 Å². The van der Waals surface area contributed by atoms with Gasteiger partial charge in [0.2, 0.25) is 11.8 Å². The van der Waals surface area contributed by atoms with Crippen molar-refractivity contribution in [1.29, 1.82) is 0 Å². The lowest BCUT2D eigenvalue weighted by Crippen LogP contribution is -2.47. The van der Waals surface area contributed by atoms with Gasteiger partial charge in [-0.15, -0.1) is 0 Å². The number of nitrogens with zero attached hydrogens (tertiary/aromatic N) is 1. The molecule has 3 rings (SSSR count). The van der Waals surface area contributed by atoms with Gasteiger partial charge in [0.15, 0.2) is 0 Å². The van der Waals surface area contributed by atoms with E-state index in [9.17, 15) is 14.4 Å². The van der Waals surface area contributed by atoms with Crippen LogP contribution in [0.15, 0.2) is 54.6 Å². The predicted molar refractivity (Wildman–Crippen MR) is 94.1 cm³/mol. The number of carbonyl (C=O) groups is 3. The van der Waals surface area contributed by atoms with Crippen LogP contribution in [0, 0.1) is 0 Å². The number of imide groups is 1. The molecular weight excluding hydrogens is 316 g/mol. The van der Waals surface area contributed by atoms with Crippen LogP contribution in [0.4, 0.5) is 0 Å². The Labute approximate surface area is 146 Å². The number of fused-ring (bicyclic) bond motifs is 1. The number of carbonyl (C=O) groups excluding carboxylic acids is 3. The van der Waals surface area contributed by atoms with E-state index in [1.807, 2.05) is 37.3 Å². The zero-order valence-electron chi connectivity index (χ0n) is 14.1. The first-order valence-electron chi connectivity index (χ1n) is 8.30.